The van der Waals surface area contributed by atoms with E-state index in [1.807, 2.05) is 24.3 Å². The molecule has 1 saturated heterocycles. The fraction of sp³-hybridized carbons (Fsp3) is 0.409. The molecule has 2 aromatic rings. The first kappa shape index (κ1) is 19.2. The third-order valence-corrected chi connectivity index (χ3v) is 5.04. The molecule has 0 saturated carbocycles. The average molecular weight is 367 g/mol. The van der Waals surface area contributed by atoms with Crippen LogP contribution in [0.5, 0.6) is 5.75 Å². The second-order valence-electron chi connectivity index (χ2n) is 7.04. The lowest BCUT2D eigenvalue weighted by Crippen LogP contribution is -2.47. The summed E-state index contributed by atoms with van der Waals surface area (Å²) in [4.78, 5) is 16.9. The van der Waals surface area contributed by atoms with Gasteiger partial charge in [0, 0.05) is 51.4 Å². The Balaban J connectivity index is 1.36. The molecule has 0 radical (unpaired) electrons. The van der Waals surface area contributed by atoms with E-state index in [0.717, 1.165) is 44.0 Å². The summed E-state index contributed by atoms with van der Waals surface area (Å²) in [6.45, 7) is 7.53. The molecule has 0 atom stereocenters. The molecular weight excluding hydrogens is 338 g/mol. The van der Waals surface area contributed by atoms with Gasteiger partial charge >= 0.3 is 0 Å². The summed E-state index contributed by atoms with van der Waals surface area (Å²) in [5.41, 5.74) is 3.67. The molecule has 1 amide bonds. The van der Waals surface area contributed by atoms with Crippen molar-refractivity contribution in [2.45, 2.75) is 19.9 Å². The van der Waals surface area contributed by atoms with Crippen LogP contribution in [0.15, 0.2) is 48.5 Å². The van der Waals surface area contributed by atoms with Gasteiger partial charge in [-0.15, -0.1) is 0 Å². The Morgan fingerprint density at radius 2 is 1.81 bits per heavy atom. The number of carbonyl (C=O) groups is 1. The molecule has 1 N–H and O–H groups in total. The maximum atomic E-state index is 12.1. The standard InChI is InChI=1S/C22H29N3O2/c1-18-4-3-5-20(16-18)25-14-12-24(13-15-25)11-10-22(26)23-17-19-6-8-21(27-2)9-7-19/h3-9,16H,10-15,17H2,1-2H3,(H,23,26). The van der Waals surface area contributed by atoms with E-state index in [-0.39, 0.29) is 5.91 Å². The normalized spacial score (nSPS) is 14.8. The fourth-order valence-corrected chi connectivity index (χ4v) is 3.35. The Kier molecular flexibility index (Phi) is 6.71. The summed E-state index contributed by atoms with van der Waals surface area (Å²) in [7, 11) is 1.65. The summed E-state index contributed by atoms with van der Waals surface area (Å²) in [5.74, 6) is 0.932. The van der Waals surface area contributed by atoms with Gasteiger partial charge in [-0.1, -0.05) is 24.3 Å². The predicted octanol–water partition coefficient (Wildman–Crippen LogP) is 2.83. The number of rotatable bonds is 7. The smallest absolute Gasteiger partial charge is 0.221 e. The quantitative estimate of drug-likeness (QED) is 0.817. The molecule has 5 nitrogen and oxygen atoms in total. The van der Waals surface area contributed by atoms with Crippen molar-refractivity contribution in [3.63, 3.8) is 0 Å². The van der Waals surface area contributed by atoms with E-state index >= 15 is 0 Å². The van der Waals surface area contributed by atoms with E-state index < -0.39 is 0 Å². The zero-order valence-electron chi connectivity index (χ0n) is 16.3. The monoisotopic (exact) mass is 367 g/mol. The molecule has 1 aliphatic heterocycles. The summed E-state index contributed by atoms with van der Waals surface area (Å²) in [6, 6.07) is 16.4. The highest BCUT2D eigenvalue weighted by atomic mass is 16.5. The zero-order valence-corrected chi connectivity index (χ0v) is 16.3. The van der Waals surface area contributed by atoms with Gasteiger partial charge in [0.05, 0.1) is 7.11 Å². The van der Waals surface area contributed by atoms with E-state index in [9.17, 15) is 4.79 Å². The second kappa shape index (κ2) is 9.42. The van der Waals surface area contributed by atoms with E-state index in [2.05, 4.69) is 46.3 Å². The van der Waals surface area contributed by atoms with Crippen molar-refractivity contribution in [1.29, 1.82) is 0 Å². The first-order valence-electron chi connectivity index (χ1n) is 9.57. The summed E-state index contributed by atoms with van der Waals surface area (Å²) in [5, 5.41) is 3.00. The number of hydrogen-bond acceptors (Lipinski definition) is 4. The number of nitrogens with one attached hydrogen (secondary N) is 1. The average Bonchev–Trinajstić information content (AvgIpc) is 2.71. The number of nitrogens with zero attached hydrogens (tertiary/aromatic N) is 2. The molecule has 0 aliphatic carbocycles. The van der Waals surface area contributed by atoms with Crippen molar-refractivity contribution in [2.24, 2.45) is 0 Å². The van der Waals surface area contributed by atoms with Gasteiger partial charge in [0.15, 0.2) is 0 Å². The summed E-state index contributed by atoms with van der Waals surface area (Å²) in [6.07, 6.45) is 0.542. The highest BCUT2D eigenvalue weighted by molar-refractivity contribution is 5.76. The predicted molar refractivity (Wildman–Crippen MR) is 109 cm³/mol. The molecule has 1 heterocycles. The van der Waals surface area contributed by atoms with E-state index in [4.69, 9.17) is 4.74 Å². The first-order chi connectivity index (χ1) is 13.1. The minimum absolute atomic E-state index is 0.104. The number of hydrogen-bond donors (Lipinski definition) is 1. The van der Waals surface area contributed by atoms with Gasteiger partial charge in [0.25, 0.3) is 0 Å². The Morgan fingerprint density at radius 1 is 1.07 bits per heavy atom. The van der Waals surface area contributed by atoms with Crippen molar-refractivity contribution >= 4 is 11.6 Å². The number of ether oxygens (including phenoxy) is 1. The zero-order chi connectivity index (χ0) is 19.1. The number of aryl methyl sites for hydroxylation is 1. The minimum Gasteiger partial charge on any atom is -0.497 e. The van der Waals surface area contributed by atoms with Gasteiger partial charge in [-0.05, 0) is 42.3 Å². The van der Waals surface area contributed by atoms with Crippen LogP contribution in [0.1, 0.15) is 17.5 Å². The molecule has 0 spiro atoms. The Labute approximate surface area is 161 Å². The van der Waals surface area contributed by atoms with Crippen LogP contribution in [0, 0.1) is 6.92 Å². The molecule has 0 bridgehead atoms. The third kappa shape index (κ3) is 5.73. The molecule has 0 aromatic heterocycles. The number of piperazine rings is 1. The number of methoxy groups -OCH3 is 1. The van der Waals surface area contributed by atoms with Gasteiger partial charge in [-0.3, -0.25) is 9.69 Å². The second-order valence-corrected chi connectivity index (χ2v) is 7.04. The lowest BCUT2D eigenvalue weighted by molar-refractivity contribution is -0.121. The van der Waals surface area contributed by atoms with Crippen molar-refractivity contribution in [3.05, 3.63) is 59.7 Å². The van der Waals surface area contributed by atoms with Gasteiger partial charge in [0.2, 0.25) is 5.91 Å². The van der Waals surface area contributed by atoms with E-state index in [1.54, 1.807) is 7.11 Å². The molecule has 5 heteroatoms. The molecule has 27 heavy (non-hydrogen) atoms. The van der Waals surface area contributed by atoms with Crippen LogP contribution in [0.25, 0.3) is 0 Å². The SMILES string of the molecule is COc1ccc(CNC(=O)CCN2CCN(c3cccc(C)c3)CC2)cc1. The highest BCUT2D eigenvalue weighted by Crippen LogP contribution is 2.17. The minimum atomic E-state index is 0.104. The van der Waals surface area contributed by atoms with Crippen molar-refractivity contribution < 1.29 is 9.53 Å². The molecule has 0 unspecified atom stereocenters. The number of amides is 1. The summed E-state index contributed by atoms with van der Waals surface area (Å²) >= 11 is 0. The van der Waals surface area contributed by atoms with Crippen molar-refractivity contribution in [2.75, 3.05) is 44.7 Å². The van der Waals surface area contributed by atoms with Crippen LogP contribution in [-0.2, 0) is 11.3 Å². The maximum absolute atomic E-state index is 12.1. The van der Waals surface area contributed by atoms with Crippen LogP contribution in [0.2, 0.25) is 0 Å². The van der Waals surface area contributed by atoms with Crippen LogP contribution in [-0.4, -0.2) is 50.6 Å². The van der Waals surface area contributed by atoms with Gasteiger partial charge < -0.3 is 15.0 Å². The lowest BCUT2D eigenvalue weighted by Gasteiger charge is -2.36. The van der Waals surface area contributed by atoms with Gasteiger partial charge in [-0.25, -0.2) is 0 Å². The Bertz CT molecular complexity index is 737. The molecular formula is C22H29N3O2. The molecule has 1 fully saturated rings. The topological polar surface area (TPSA) is 44.8 Å². The number of anilines is 1. The Morgan fingerprint density at radius 3 is 2.48 bits per heavy atom. The number of benzene rings is 2. The molecule has 1 aliphatic rings. The number of carbonyl (C=O) groups excluding carboxylic acids is 1. The maximum Gasteiger partial charge on any atom is 0.221 e. The van der Waals surface area contributed by atoms with Crippen molar-refractivity contribution in [1.82, 2.24) is 10.2 Å². The molecule has 3 rings (SSSR count). The highest BCUT2D eigenvalue weighted by Gasteiger charge is 2.17. The van der Waals surface area contributed by atoms with Crippen LogP contribution in [0.3, 0.4) is 0 Å². The molecule has 2 aromatic carbocycles. The molecule has 144 valence electrons. The largest absolute Gasteiger partial charge is 0.497 e. The fourth-order valence-electron chi connectivity index (χ4n) is 3.35. The Hall–Kier alpha value is -2.53. The lowest BCUT2D eigenvalue weighted by atomic mass is 10.2. The third-order valence-electron chi connectivity index (χ3n) is 5.04. The van der Waals surface area contributed by atoms with Gasteiger partial charge in [-0.2, -0.15) is 0 Å². The van der Waals surface area contributed by atoms with Crippen LogP contribution < -0.4 is 15.0 Å². The van der Waals surface area contributed by atoms with E-state index in [1.165, 1.54) is 11.3 Å². The van der Waals surface area contributed by atoms with Crippen molar-refractivity contribution in [3.8, 4) is 5.75 Å². The van der Waals surface area contributed by atoms with Crippen LogP contribution in [0.4, 0.5) is 5.69 Å². The summed E-state index contributed by atoms with van der Waals surface area (Å²) < 4.78 is 5.15. The van der Waals surface area contributed by atoms with Gasteiger partial charge in [0.1, 0.15) is 5.75 Å². The van der Waals surface area contributed by atoms with Crippen LogP contribution >= 0.6 is 0 Å². The van der Waals surface area contributed by atoms with E-state index in [0.29, 0.717) is 13.0 Å². The first-order valence-corrected chi connectivity index (χ1v) is 9.57.